The van der Waals surface area contributed by atoms with Crippen LogP contribution in [0.5, 0.6) is 0 Å². The van der Waals surface area contributed by atoms with Crippen LogP contribution >= 0.6 is 23.4 Å². The lowest BCUT2D eigenvalue weighted by molar-refractivity contribution is 0.251. The Labute approximate surface area is 163 Å². The Morgan fingerprint density at radius 2 is 2.07 bits per heavy atom. The van der Waals surface area contributed by atoms with Crippen molar-refractivity contribution in [1.82, 2.24) is 9.78 Å². The SMILES string of the molecule is N#CSc1ccnn1C[C@@]1(c2ccc(F)cc2F)O[C@H]1c1ccccc1Cl. The van der Waals surface area contributed by atoms with E-state index in [-0.39, 0.29) is 12.1 Å². The topological polar surface area (TPSA) is 54.1 Å². The monoisotopic (exact) mass is 403 g/mol. The molecule has 1 fully saturated rings. The number of nitriles is 1. The smallest absolute Gasteiger partial charge is 0.147 e. The molecular formula is C19H12ClF2N3OS. The summed E-state index contributed by atoms with van der Waals surface area (Å²) in [7, 11) is 0. The van der Waals surface area contributed by atoms with Gasteiger partial charge < -0.3 is 4.74 Å². The van der Waals surface area contributed by atoms with E-state index in [9.17, 15) is 8.78 Å². The van der Waals surface area contributed by atoms with Crippen LogP contribution in [0.15, 0.2) is 59.8 Å². The molecule has 0 radical (unpaired) electrons. The van der Waals surface area contributed by atoms with Gasteiger partial charge in [0.15, 0.2) is 0 Å². The molecule has 27 heavy (non-hydrogen) atoms. The second-order valence-electron chi connectivity index (χ2n) is 6.05. The number of rotatable bonds is 5. The van der Waals surface area contributed by atoms with Gasteiger partial charge in [0.05, 0.1) is 12.7 Å². The molecule has 8 heteroatoms. The van der Waals surface area contributed by atoms with Crippen LogP contribution in [-0.2, 0) is 16.9 Å². The minimum Gasteiger partial charge on any atom is -0.354 e. The van der Waals surface area contributed by atoms with Gasteiger partial charge in [-0.1, -0.05) is 35.9 Å². The molecule has 4 rings (SSSR count). The number of nitrogens with zero attached hydrogens (tertiary/aromatic N) is 3. The van der Waals surface area contributed by atoms with Crippen molar-refractivity contribution in [3.63, 3.8) is 0 Å². The average molecular weight is 404 g/mol. The largest absolute Gasteiger partial charge is 0.354 e. The number of epoxide rings is 1. The Bertz CT molecular complexity index is 1050. The average Bonchev–Trinajstić information content (AvgIpc) is 3.18. The van der Waals surface area contributed by atoms with Crippen LogP contribution in [0, 0.1) is 22.3 Å². The molecule has 4 nitrogen and oxygen atoms in total. The molecular weight excluding hydrogens is 392 g/mol. The lowest BCUT2D eigenvalue weighted by Crippen LogP contribution is -2.22. The summed E-state index contributed by atoms with van der Waals surface area (Å²) >= 11 is 7.25. The number of hydrogen-bond donors (Lipinski definition) is 0. The van der Waals surface area contributed by atoms with E-state index < -0.39 is 23.3 Å². The van der Waals surface area contributed by atoms with E-state index in [1.54, 1.807) is 29.1 Å². The van der Waals surface area contributed by atoms with Gasteiger partial charge in [-0.2, -0.15) is 10.4 Å². The van der Waals surface area contributed by atoms with Gasteiger partial charge in [-0.05, 0) is 18.2 Å². The van der Waals surface area contributed by atoms with Crippen molar-refractivity contribution in [2.45, 2.75) is 23.3 Å². The number of hydrogen-bond acceptors (Lipinski definition) is 4. The maximum absolute atomic E-state index is 14.6. The van der Waals surface area contributed by atoms with Crippen molar-refractivity contribution in [3.8, 4) is 5.40 Å². The summed E-state index contributed by atoms with van der Waals surface area (Å²) in [5.41, 5.74) is -0.165. The Morgan fingerprint density at radius 3 is 2.81 bits per heavy atom. The van der Waals surface area contributed by atoms with Gasteiger partial charge in [-0.15, -0.1) is 0 Å². The van der Waals surface area contributed by atoms with Crippen LogP contribution in [0.3, 0.4) is 0 Å². The number of ether oxygens (including phenoxy) is 1. The van der Waals surface area contributed by atoms with Gasteiger partial charge in [0.25, 0.3) is 0 Å². The van der Waals surface area contributed by atoms with Crippen molar-refractivity contribution < 1.29 is 13.5 Å². The third-order valence-corrected chi connectivity index (χ3v) is 5.47. The standard InChI is InChI=1S/C19H12ClF2N3OS/c20-15-4-2-1-3-13(15)18-19(26-18,14-6-5-12(21)9-16(14)22)10-25-17(27-11-23)7-8-24-25/h1-9,18H,10H2/t18-,19-/m0/s1. The molecule has 2 atom stereocenters. The predicted octanol–water partition coefficient (Wildman–Crippen LogP) is 5.05. The molecule has 0 bridgehead atoms. The van der Waals surface area contributed by atoms with E-state index in [2.05, 4.69) is 5.10 Å². The zero-order chi connectivity index (χ0) is 19.0. The fourth-order valence-corrected chi connectivity index (χ4v) is 3.89. The third-order valence-electron chi connectivity index (χ3n) is 4.48. The maximum atomic E-state index is 14.6. The van der Waals surface area contributed by atoms with Crippen molar-refractivity contribution in [2.75, 3.05) is 0 Å². The molecule has 3 aromatic rings. The normalized spacial score (nSPS) is 21.0. The summed E-state index contributed by atoms with van der Waals surface area (Å²) in [5.74, 6) is -1.37. The highest BCUT2D eigenvalue weighted by molar-refractivity contribution is 8.03. The highest BCUT2D eigenvalue weighted by Gasteiger charge is 2.61. The van der Waals surface area contributed by atoms with Crippen molar-refractivity contribution in [3.05, 3.63) is 82.5 Å². The molecule has 2 heterocycles. The lowest BCUT2D eigenvalue weighted by atomic mass is 9.91. The first kappa shape index (κ1) is 18.0. The van der Waals surface area contributed by atoms with Gasteiger partial charge in [-0.25, -0.2) is 8.78 Å². The molecule has 0 saturated carbocycles. The minimum atomic E-state index is -1.10. The predicted molar refractivity (Wildman–Crippen MR) is 97.0 cm³/mol. The summed E-state index contributed by atoms with van der Waals surface area (Å²) in [5, 5.41) is 16.3. The zero-order valence-corrected chi connectivity index (χ0v) is 15.3. The zero-order valence-electron chi connectivity index (χ0n) is 13.8. The van der Waals surface area contributed by atoms with Crippen LogP contribution in [0.1, 0.15) is 17.2 Å². The molecule has 0 unspecified atom stereocenters. The van der Waals surface area contributed by atoms with Crippen molar-refractivity contribution >= 4 is 23.4 Å². The van der Waals surface area contributed by atoms with Gasteiger partial charge in [0.1, 0.15) is 33.8 Å². The van der Waals surface area contributed by atoms with E-state index in [0.717, 1.165) is 17.8 Å². The number of thioether (sulfide) groups is 1. The van der Waals surface area contributed by atoms with Crippen molar-refractivity contribution in [1.29, 1.82) is 5.26 Å². The van der Waals surface area contributed by atoms with E-state index in [4.69, 9.17) is 21.6 Å². The molecule has 0 amide bonds. The Morgan fingerprint density at radius 1 is 1.26 bits per heavy atom. The van der Waals surface area contributed by atoms with Crippen LogP contribution in [0.4, 0.5) is 8.78 Å². The third kappa shape index (κ3) is 3.21. The first-order valence-corrected chi connectivity index (χ1v) is 9.20. The second-order valence-corrected chi connectivity index (χ2v) is 7.27. The quantitative estimate of drug-likeness (QED) is 0.339. The summed E-state index contributed by atoms with van der Waals surface area (Å²) in [6.45, 7) is 0.155. The highest BCUT2D eigenvalue weighted by Crippen LogP contribution is 2.59. The number of thiocyanates is 1. The molecule has 1 saturated heterocycles. The van der Waals surface area contributed by atoms with Crippen LogP contribution in [0.2, 0.25) is 5.02 Å². The van der Waals surface area contributed by atoms with Crippen LogP contribution in [0.25, 0.3) is 0 Å². The highest BCUT2D eigenvalue weighted by atomic mass is 35.5. The molecule has 1 aliphatic rings. The van der Waals surface area contributed by atoms with Crippen LogP contribution < -0.4 is 0 Å². The van der Waals surface area contributed by atoms with E-state index in [1.807, 2.05) is 17.5 Å². The molecule has 0 aliphatic carbocycles. The minimum absolute atomic E-state index is 0.155. The van der Waals surface area contributed by atoms with E-state index >= 15 is 0 Å². The van der Waals surface area contributed by atoms with Gasteiger partial charge in [0.2, 0.25) is 0 Å². The van der Waals surface area contributed by atoms with Crippen molar-refractivity contribution in [2.24, 2.45) is 0 Å². The first-order chi connectivity index (χ1) is 13.0. The summed E-state index contributed by atoms with van der Waals surface area (Å²) < 4.78 is 35.6. The fraction of sp³-hybridized carbons (Fsp3) is 0.158. The molecule has 1 aliphatic heterocycles. The summed E-state index contributed by atoms with van der Waals surface area (Å²) in [6.07, 6.45) is 1.04. The molecule has 0 N–H and O–H groups in total. The van der Waals surface area contributed by atoms with E-state index in [0.29, 0.717) is 15.6 Å². The maximum Gasteiger partial charge on any atom is 0.147 e. The summed E-state index contributed by atoms with van der Waals surface area (Å²) in [4.78, 5) is 0. The molecule has 0 spiro atoms. The van der Waals surface area contributed by atoms with Gasteiger partial charge >= 0.3 is 0 Å². The molecule has 1 aromatic heterocycles. The number of aromatic nitrogens is 2. The number of benzene rings is 2. The lowest BCUT2D eigenvalue weighted by Gasteiger charge is -2.16. The second kappa shape index (κ2) is 6.97. The van der Waals surface area contributed by atoms with E-state index in [1.165, 1.54) is 12.1 Å². The fourth-order valence-electron chi connectivity index (χ4n) is 3.22. The van der Waals surface area contributed by atoms with Gasteiger partial charge in [0, 0.05) is 34.0 Å². The Hall–Kier alpha value is -2.40. The van der Waals surface area contributed by atoms with Gasteiger partial charge in [-0.3, -0.25) is 4.68 Å². The Balaban J connectivity index is 1.79. The Kier molecular flexibility index (Phi) is 4.64. The first-order valence-electron chi connectivity index (χ1n) is 8.00. The molecule has 2 aromatic carbocycles. The van der Waals surface area contributed by atoms with Crippen LogP contribution in [-0.4, -0.2) is 9.78 Å². The number of halogens is 3. The molecule has 136 valence electrons. The summed E-state index contributed by atoms with van der Waals surface area (Å²) in [6, 6.07) is 12.2.